The number of hydrogen-bond donors (Lipinski definition) is 1. The van der Waals surface area contributed by atoms with Crippen LogP contribution in [-0.4, -0.2) is 18.3 Å². The van der Waals surface area contributed by atoms with Gasteiger partial charge in [0.1, 0.15) is 11.5 Å². The second kappa shape index (κ2) is 5.27. The highest BCUT2D eigenvalue weighted by atomic mass is 16.5. The summed E-state index contributed by atoms with van der Waals surface area (Å²) in [6.07, 6.45) is 0.109. The van der Waals surface area contributed by atoms with E-state index in [-0.39, 0.29) is 12.7 Å². The Morgan fingerprint density at radius 2 is 1.94 bits per heavy atom. The van der Waals surface area contributed by atoms with Gasteiger partial charge < -0.3 is 14.6 Å². The molecule has 0 aliphatic carbocycles. The van der Waals surface area contributed by atoms with Crippen LogP contribution in [0.5, 0.6) is 11.5 Å². The van der Waals surface area contributed by atoms with Gasteiger partial charge in [-0.25, -0.2) is 0 Å². The maximum Gasteiger partial charge on any atom is 0.131 e. The zero-order valence-corrected chi connectivity index (χ0v) is 10.9. The third kappa shape index (κ3) is 2.41. The van der Waals surface area contributed by atoms with Crippen LogP contribution in [-0.2, 0) is 6.61 Å². The smallest absolute Gasteiger partial charge is 0.131 e. The lowest BCUT2D eigenvalue weighted by atomic mass is 10.1. The van der Waals surface area contributed by atoms with Gasteiger partial charge in [-0.05, 0) is 43.0 Å². The highest BCUT2D eigenvalue weighted by Gasteiger charge is 2.11. The van der Waals surface area contributed by atoms with Crippen LogP contribution in [0.15, 0.2) is 30.3 Å². The molecule has 0 radical (unpaired) electrons. The van der Waals surface area contributed by atoms with Crippen LogP contribution in [0.2, 0.25) is 0 Å². The van der Waals surface area contributed by atoms with Crippen LogP contribution in [0.25, 0.3) is 10.8 Å². The maximum absolute atomic E-state index is 9.24. The van der Waals surface area contributed by atoms with Gasteiger partial charge in [-0.2, -0.15) is 0 Å². The molecule has 0 aliphatic heterocycles. The molecule has 18 heavy (non-hydrogen) atoms. The van der Waals surface area contributed by atoms with E-state index < -0.39 is 0 Å². The van der Waals surface area contributed by atoms with Crippen molar-refractivity contribution < 1.29 is 14.6 Å². The molecule has 0 amide bonds. The Kier molecular flexibility index (Phi) is 3.72. The standard InChI is InChI=1S/C15H18O3/c1-10(2)18-13-6-4-5-12-7-11(9-16)8-14(17-3)15(12)13/h4-8,10,16H,9H2,1-3H3. The van der Waals surface area contributed by atoms with Crippen LogP contribution in [0.3, 0.4) is 0 Å². The monoisotopic (exact) mass is 246 g/mol. The van der Waals surface area contributed by atoms with Gasteiger partial charge in [-0.1, -0.05) is 12.1 Å². The largest absolute Gasteiger partial charge is 0.496 e. The average molecular weight is 246 g/mol. The van der Waals surface area contributed by atoms with Crippen LogP contribution in [0.4, 0.5) is 0 Å². The second-order valence-electron chi connectivity index (χ2n) is 4.48. The van der Waals surface area contributed by atoms with Gasteiger partial charge in [0.25, 0.3) is 0 Å². The summed E-state index contributed by atoms with van der Waals surface area (Å²) in [5.41, 5.74) is 0.834. The van der Waals surface area contributed by atoms with Crippen LogP contribution in [0, 0.1) is 0 Å². The molecule has 0 unspecified atom stereocenters. The summed E-state index contributed by atoms with van der Waals surface area (Å²) < 4.78 is 11.2. The summed E-state index contributed by atoms with van der Waals surface area (Å²) in [5.74, 6) is 1.54. The molecule has 0 heterocycles. The normalized spacial score (nSPS) is 10.9. The lowest BCUT2D eigenvalue weighted by Crippen LogP contribution is -2.06. The minimum absolute atomic E-state index is 0.00155. The molecule has 2 rings (SSSR count). The van der Waals surface area contributed by atoms with Crippen molar-refractivity contribution in [2.24, 2.45) is 0 Å². The minimum atomic E-state index is 0.00155. The van der Waals surface area contributed by atoms with E-state index in [9.17, 15) is 5.11 Å². The molecule has 2 aromatic carbocycles. The van der Waals surface area contributed by atoms with Crippen LogP contribution in [0.1, 0.15) is 19.4 Å². The Hall–Kier alpha value is -1.74. The molecule has 0 spiro atoms. The third-order valence-electron chi connectivity index (χ3n) is 2.73. The van der Waals surface area contributed by atoms with E-state index in [1.807, 2.05) is 44.2 Å². The Balaban J connectivity index is 2.66. The quantitative estimate of drug-likeness (QED) is 0.900. The SMILES string of the molecule is COc1cc(CO)cc2cccc(OC(C)C)c12. The van der Waals surface area contributed by atoms with Crippen molar-refractivity contribution >= 4 is 10.8 Å². The van der Waals surface area contributed by atoms with Gasteiger partial charge in [-0.15, -0.1) is 0 Å². The number of aliphatic hydroxyl groups excluding tert-OH is 1. The van der Waals surface area contributed by atoms with E-state index >= 15 is 0 Å². The summed E-state index contributed by atoms with van der Waals surface area (Å²) in [4.78, 5) is 0. The molecular weight excluding hydrogens is 228 g/mol. The van der Waals surface area contributed by atoms with Gasteiger partial charge in [0, 0.05) is 0 Å². The van der Waals surface area contributed by atoms with E-state index in [1.54, 1.807) is 7.11 Å². The van der Waals surface area contributed by atoms with Crippen molar-refractivity contribution in [3.8, 4) is 11.5 Å². The molecule has 0 atom stereocenters. The molecule has 0 fully saturated rings. The first-order valence-corrected chi connectivity index (χ1v) is 6.03. The summed E-state index contributed by atoms with van der Waals surface area (Å²) in [5, 5.41) is 11.2. The van der Waals surface area contributed by atoms with Gasteiger partial charge in [0.05, 0.1) is 25.2 Å². The maximum atomic E-state index is 9.24. The van der Waals surface area contributed by atoms with Crippen molar-refractivity contribution in [2.75, 3.05) is 7.11 Å². The summed E-state index contributed by atoms with van der Waals surface area (Å²) in [6.45, 7) is 3.99. The molecule has 3 heteroatoms. The Labute approximate surface area is 107 Å². The number of hydrogen-bond acceptors (Lipinski definition) is 3. The van der Waals surface area contributed by atoms with E-state index in [0.717, 1.165) is 27.8 Å². The zero-order valence-electron chi connectivity index (χ0n) is 10.9. The van der Waals surface area contributed by atoms with Crippen molar-refractivity contribution in [1.29, 1.82) is 0 Å². The number of fused-ring (bicyclic) bond motifs is 1. The van der Waals surface area contributed by atoms with E-state index in [4.69, 9.17) is 9.47 Å². The van der Waals surface area contributed by atoms with Gasteiger partial charge >= 0.3 is 0 Å². The van der Waals surface area contributed by atoms with Crippen LogP contribution >= 0.6 is 0 Å². The molecule has 2 aromatic rings. The lowest BCUT2D eigenvalue weighted by molar-refractivity contribution is 0.245. The summed E-state index contributed by atoms with van der Waals surface area (Å²) in [7, 11) is 1.63. The zero-order chi connectivity index (χ0) is 13.1. The summed E-state index contributed by atoms with van der Waals surface area (Å²) >= 11 is 0. The average Bonchev–Trinajstić information content (AvgIpc) is 2.36. The molecular formula is C15H18O3. The van der Waals surface area contributed by atoms with Gasteiger partial charge in [0.15, 0.2) is 0 Å². The number of aliphatic hydroxyl groups is 1. The van der Waals surface area contributed by atoms with E-state index in [0.29, 0.717) is 0 Å². The first-order chi connectivity index (χ1) is 8.65. The number of methoxy groups -OCH3 is 1. The predicted octanol–water partition coefficient (Wildman–Crippen LogP) is 3.13. The van der Waals surface area contributed by atoms with Crippen molar-refractivity contribution in [3.63, 3.8) is 0 Å². The molecule has 0 saturated carbocycles. The molecule has 1 N–H and O–H groups in total. The fourth-order valence-corrected chi connectivity index (χ4v) is 2.02. The summed E-state index contributed by atoms with van der Waals surface area (Å²) in [6, 6.07) is 9.66. The number of benzene rings is 2. The number of rotatable bonds is 4. The van der Waals surface area contributed by atoms with Crippen LogP contribution < -0.4 is 9.47 Å². The fraction of sp³-hybridized carbons (Fsp3) is 0.333. The number of ether oxygens (including phenoxy) is 2. The highest BCUT2D eigenvalue weighted by molar-refractivity contribution is 5.94. The van der Waals surface area contributed by atoms with Crippen molar-refractivity contribution in [3.05, 3.63) is 35.9 Å². The van der Waals surface area contributed by atoms with Crippen molar-refractivity contribution in [1.82, 2.24) is 0 Å². The predicted molar refractivity (Wildman–Crippen MR) is 72.2 cm³/mol. The highest BCUT2D eigenvalue weighted by Crippen LogP contribution is 2.35. The first-order valence-electron chi connectivity index (χ1n) is 6.03. The Bertz CT molecular complexity index is 547. The molecule has 0 bridgehead atoms. The van der Waals surface area contributed by atoms with E-state index in [2.05, 4.69) is 0 Å². The van der Waals surface area contributed by atoms with Gasteiger partial charge in [0.2, 0.25) is 0 Å². The lowest BCUT2D eigenvalue weighted by Gasteiger charge is -2.15. The Morgan fingerprint density at radius 3 is 2.56 bits per heavy atom. The third-order valence-corrected chi connectivity index (χ3v) is 2.73. The molecule has 0 saturated heterocycles. The fourth-order valence-electron chi connectivity index (χ4n) is 2.02. The molecule has 0 aromatic heterocycles. The first kappa shape index (κ1) is 12.7. The Morgan fingerprint density at radius 1 is 1.17 bits per heavy atom. The molecule has 0 aliphatic rings. The minimum Gasteiger partial charge on any atom is -0.496 e. The van der Waals surface area contributed by atoms with E-state index in [1.165, 1.54) is 0 Å². The molecule has 96 valence electrons. The van der Waals surface area contributed by atoms with Crippen molar-refractivity contribution in [2.45, 2.75) is 26.6 Å². The topological polar surface area (TPSA) is 38.7 Å². The second-order valence-corrected chi connectivity index (χ2v) is 4.48. The molecule has 3 nitrogen and oxygen atoms in total. The van der Waals surface area contributed by atoms with Gasteiger partial charge in [-0.3, -0.25) is 0 Å².